The van der Waals surface area contributed by atoms with Gasteiger partial charge in [-0.15, -0.1) is 0 Å². The van der Waals surface area contributed by atoms with Crippen LogP contribution in [-0.2, 0) is 0 Å². The van der Waals surface area contributed by atoms with Crippen molar-refractivity contribution in [2.75, 3.05) is 0 Å². The van der Waals surface area contributed by atoms with E-state index in [0.29, 0.717) is 27.5 Å². The third-order valence-corrected chi connectivity index (χ3v) is 9.15. The Hall–Kier alpha value is -6.24. The van der Waals surface area contributed by atoms with Gasteiger partial charge in [0.2, 0.25) is 0 Å². The molecular formula is C48H28. The van der Waals surface area contributed by atoms with Crippen molar-refractivity contribution >= 4 is 75.4 Å². The minimum absolute atomic E-state index is 0.00421. The van der Waals surface area contributed by atoms with Crippen molar-refractivity contribution in [3.8, 4) is 33.4 Å². The van der Waals surface area contributed by atoms with Gasteiger partial charge in [-0.1, -0.05) is 157 Å². The van der Waals surface area contributed by atoms with Gasteiger partial charge in [0.05, 0.1) is 26.0 Å². The van der Waals surface area contributed by atoms with E-state index in [1.54, 1.807) is 54.6 Å². The molecule has 0 aromatic heterocycles. The van der Waals surface area contributed by atoms with Crippen molar-refractivity contribution in [1.82, 2.24) is 0 Å². The standard InChI is InChI=1S/C48H28/c1-2-10-39-37(5-1)27-38(41-24-20-36-18-16-32-7-4-9-34-22-26-43(41)48(36)46(32)34)28-44(39)30-13-11-29(12-14-30)40-23-19-35-17-15-31-6-3-8-33-21-25-42(40)47(35)45(31)33/h1-28H/i3D,4D,6D,7D,8D,9D,15D,16D,17D,18D,19D,20D,21D,22D,23D,24D,25D,26D,28D. The lowest BCUT2D eigenvalue weighted by Crippen LogP contribution is -1.90. The second-order valence-corrected chi connectivity index (χ2v) is 11.7. The average molecular weight is 624 g/mol. The first-order chi connectivity index (χ1) is 31.7. The van der Waals surface area contributed by atoms with Gasteiger partial charge in [0.1, 0.15) is 0 Å². The zero-order chi connectivity index (χ0) is 47.9. The lowest BCUT2D eigenvalue weighted by molar-refractivity contribution is 1.62. The lowest BCUT2D eigenvalue weighted by Gasteiger charge is -2.16. The normalized spacial score (nSPS) is 17.7. The molecule has 0 bridgehead atoms. The van der Waals surface area contributed by atoms with Crippen LogP contribution in [0.3, 0.4) is 0 Å². The van der Waals surface area contributed by atoms with Crippen molar-refractivity contribution in [3.63, 3.8) is 0 Å². The number of hydrogen-bond acceptors (Lipinski definition) is 0. The molecule has 0 heteroatoms. The van der Waals surface area contributed by atoms with E-state index in [2.05, 4.69) is 0 Å². The van der Waals surface area contributed by atoms with Crippen molar-refractivity contribution in [2.24, 2.45) is 0 Å². The first-order valence-electron chi connectivity index (χ1n) is 24.7. The molecule has 11 aromatic carbocycles. The summed E-state index contributed by atoms with van der Waals surface area (Å²) in [7, 11) is 0. The van der Waals surface area contributed by atoms with Crippen LogP contribution in [0.2, 0.25) is 0 Å². The molecule has 0 aliphatic heterocycles. The lowest BCUT2D eigenvalue weighted by atomic mass is 9.87. The second-order valence-electron chi connectivity index (χ2n) is 11.7. The maximum Gasteiger partial charge on any atom is 0.0636 e. The van der Waals surface area contributed by atoms with Crippen molar-refractivity contribution in [3.05, 3.63) is 169 Å². The Bertz CT molecular complexity index is 4070. The molecule has 0 aliphatic rings. The maximum atomic E-state index is 9.87. The SMILES string of the molecule is [2H]c1c(-c2c([2H])c([2H])c3c([2H])c([2H])c4c([2H])c([2H])c([2H])c5c([2H])c([2H])c2c3c45)cc2ccccc2c1-c1ccc(-c2c([2H])c([2H])c3c([2H])c([2H])c4c([2H])c([2H])c([2H])c5c([2H])c([2H])c2c3c45)cc1. The van der Waals surface area contributed by atoms with Gasteiger partial charge in [-0.3, -0.25) is 0 Å². The molecular weight excluding hydrogens is 577 g/mol. The Morgan fingerprint density at radius 3 is 1.31 bits per heavy atom. The summed E-state index contributed by atoms with van der Waals surface area (Å²) in [5, 5.41) is 0.101. The second kappa shape index (κ2) is 9.64. The Labute approximate surface area is 304 Å². The Kier molecular flexibility index (Phi) is 2.78. The van der Waals surface area contributed by atoms with Crippen LogP contribution in [0.15, 0.2) is 169 Å². The molecule has 0 atom stereocenters. The fourth-order valence-electron chi connectivity index (χ4n) is 6.95. The summed E-state index contributed by atoms with van der Waals surface area (Å²) in [5.41, 5.74) is 1.11. The highest BCUT2D eigenvalue weighted by molar-refractivity contribution is 6.27. The summed E-state index contributed by atoms with van der Waals surface area (Å²) in [6.45, 7) is 0. The van der Waals surface area contributed by atoms with E-state index < -0.39 is 109 Å². The predicted molar refractivity (Wildman–Crippen MR) is 208 cm³/mol. The number of fused-ring (bicyclic) bond motifs is 1. The van der Waals surface area contributed by atoms with E-state index >= 15 is 0 Å². The third-order valence-electron chi connectivity index (χ3n) is 9.15. The first-order valence-corrected chi connectivity index (χ1v) is 15.2. The van der Waals surface area contributed by atoms with Gasteiger partial charge in [0, 0.05) is 0 Å². The molecule has 0 saturated heterocycles. The monoisotopic (exact) mass is 623 g/mol. The fourth-order valence-corrected chi connectivity index (χ4v) is 6.95. The van der Waals surface area contributed by atoms with E-state index in [9.17, 15) is 8.22 Å². The average Bonchev–Trinajstić information content (AvgIpc) is 3.30. The highest BCUT2D eigenvalue weighted by atomic mass is 14.2. The molecule has 11 aromatic rings. The molecule has 0 spiro atoms. The summed E-state index contributed by atoms with van der Waals surface area (Å²) in [6.07, 6.45) is 0. The van der Waals surface area contributed by atoms with E-state index in [-0.39, 0.29) is 87.4 Å². The van der Waals surface area contributed by atoms with Crippen LogP contribution in [0.5, 0.6) is 0 Å². The van der Waals surface area contributed by atoms with E-state index in [1.165, 1.54) is 0 Å². The van der Waals surface area contributed by atoms with E-state index in [4.69, 9.17) is 17.8 Å². The molecule has 0 unspecified atom stereocenters. The van der Waals surface area contributed by atoms with Crippen LogP contribution in [0.4, 0.5) is 0 Å². The molecule has 48 heavy (non-hydrogen) atoms. The van der Waals surface area contributed by atoms with E-state index in [0.717, 1.165) is 0 Å². The van der Waals surface area contributed by atoms with Gasteiger partial charge < -0.3 is 0 Å². The van der Waals surface area contributed by atoms with Crippen LogP contribution >= 0.6 is 0 Å². The smallest absolute Gasteiger partial charge is 0.0616 e. The van der Waals surface area contributed by atoms with E-state index in [1.807, 2.05) is 0 Å². The Morgan fingerprint density at radius 1 is 0.312 bits per heavy atom. The summed E-state index contributed by atoms with van der Waals surface area (Å²) in [5.74, 6) is 0. The van der Waals surface area contributed by atoms with Crippen LogP contribution in [0.1, 0.15) is 26.0 Å². The third kappa shape index (κ3) is 3.60. The molecule has 11 rings (SSSR count). The maximum absolute atomic E-state index is 9.87. The zero-order valence-corrected chi connectivity index (χ0v) is 24.7. The fraction of sp³-hybridized carbons (Fsp3) is 0. The van der Waals surface area contributed by atoms with Gasteiger partial charge in [-0.2, -0.15) is 0 Å². The van der Waals surface area contributed by atoms with Gasteiger partial charge >= 0.3 is 0 Å². The Morgan fingerprint density at radius 2 is 0.750 bits per heavy atom. The van der Waals surface area contributed by atoms with Crippen LogP contribution in [0, 0.1) is 0 Å². The molecule has 0 aliphatic carbocycles. The van der Waals surface area contributed by atoms with Crippen LogP contribution in [0.25, 0.3) is 109 Å². The molecule has 0 fully saturated rings. The van der Waals surface area contributed by atoms with Crippen LogP contribution in [-0.4, -0.2) is 0 Å². The van der Waals surface area contributed by atoms with Crippen LogP contribution < -0.4 is 0 Å². The zero-order valence-electron chi connectivity index (χ0n) is 43.7. The quantitative estimate of drug-likeness (QED) is 0.172. The molecule has 0 N–H and O–H groups in total. The largest absolute Gasteiger partial charge is 0.0636 e. The summed E-state index contributed by atoms with van der Waals surface area (Å²) < 4.78 is 171. The van der Waals surface area contributed by atoms with Gasteiger partial charge in [0.15, 0.2) is 0 Å². The van der Waals surface area contributed by atoms with Crippen molar-refractivity contribution in [1.29, 1.82) is 0 Å². The van der Waals surface area contributed by atoms with Gasteiger partial charge in [0.25, 0.3) is 0 Å². The number of hydrogen-bond donors (Lipinski definition) is 0. The Balaban J connectivity index is 1.20. The number of benzene rings is 11. The molecule has 220 valence electrons. The van der Waals surface area contributed by atoms with Gasteiger partial charge in [-0.25, -0.2) is 0 Å². The summed E-state index contributed by atoms with van der Waals surface area (Å²) in [4.78, 5) is 0. The first kappa shape index (κ1) is 13.9. The minimum Gasteiger partial charge on any atom is -0.0616 e. The van der Waals surface area contributed by atoms with Crippen molar-refractivity contribution < 1.29 is 26.0 Å². The minimum atomic E-state index is -0.587. The predicted octanol–water partition coefficient (Wildman–Crippen LogP) is 13.6. The summed E-state index contributed by atoms with van der Waals surface area (Å²) >= 11 is 0. The highest BCUT2D eigenvalue weighted by Gasteiger charge is 2.16. The topological polar surface area (TPSA) is 0 Å². The molecule has 0 nitrogen and oxygen atoms in total. The van der Waals surface area contributed by atoms with Crippen molar-refractivity contribution in [2.45, 2.75) is 0 Å². The highest BCUT2D eigenvalue weighted by Crippen LogP contribution is 2.43. The molecule has 0 amide bonds. The molecule has 0 radical (unpaired) electrons. The number of rotatable bonds is 3. The summed E-state index contributed by atoms with van der Waals surface area (Å²) in [6, 6.07) is 6.07. The molecule has 0 heterocycles. The molecule has 0 saturated carbocycles. The van der Waals surface area contributed by atoms with Gasteiger partial charge in [-0.05, 0) is 121 Å².